The first-order chi connectivity index (χ1) is 14.0. The molecular weight excluding hydrogens is 422 g/mol. The van der Waals surface area contributed by atoms with E-state index in [2.05, 4.69) is 4.72 Å². The van der Waals surface area contributed by atoms with E-state index in [1.165, 1.54) is 7.11 Å². The van der Waals surface area contributed by atoms with Crippen molar-refractivity contribution >= 4 is 16.0 Å². The average Bonchev–Trinajstić information content (AvgIpc) is 2.61. The Kier molecular flexibility index (Phi) is 8.55. The Balaban J connectivity index is 4.01. The Hall–Kier alpha value is -1.84. The van der Waals surface area contributed by atoms with Gasteiger partial charge in [0.15, 0.2) is 0 Å². The highest BCUT2D eigenvalue weighted by molar-refractivity contribution is 7.90. The normalized spacial score (nSPS) is 14.8. The van der Waals surface area contributed by atoms with E-state index < -0.39 is 44.6 Å². The number of sulfonamides is 1. The Labute approximate surface area is 186 Å². The molecule has 0 aliphatic carbocycles. The van der Waals surface area contributed by atoms with Gasteiger partial charge in [0.25, 0.3) is 0 Å². The first-order valence-electron chi connectivity index (χ1n) is 10.2. The van der Waals surface area contributed by atoms with Crippen molar-refractivity contribution in [2.45, 2.75) is 77.1 Å². The van der Waals surface area contributed by atoms with Crippen molar-refractivity contribution in [1.29, 1.82) is 0 Å². The van der Waals surface area contributed by atoms with Gasteiger partial charge in [-0.1, -0.05) is 48.5 Å². The molecule has 0 spiro atoms. The standard InChI is InChI=1S/C22H37NO7S/c1-10-23-31(27,28)15(12-16(24)25)18(26)13-11-14(21(2,3)4)20(30-9)17(19(13)29-8)22(5,6)7/h11,15,18,23,26H,10,12H2,1-9H3,(H,24,25). The molecule has 3 N–H and O–H groups in total. The van der Waals surface area contributed by atoms with E-state index in [9.17, 15) is 23.4 Å². The maximum absolute atomic E-state index is 12.8. The van der Waals surface area contributed by atoms with Crippen LogP contribution >= 0.6 is 0 Å². The zero-order chi connectivity index (χ0) is 24.4. The summed E-state index contributed by atoms with van der Waals surface area (Å²) >= 11 is 0. The summed E-state index contributed by atoms with van der Waals surface area (Å²) in [5, 5.41) is 19.0. The summed E-state index contributed by atoms with van der Waals surface area (Å²) in [7, 11) is -1.13. The number of aliphatic carboxylic acids is 1. The third kappa shape index (κ3) is 6.11. The minimum absolute atomic E-state index is 0.0748. The molecule has 9 heteroatoms. The van der Waals surface area contributed by atoms with E-state index in [0.717, 1.165) is 5.56 Å². The van der Waals surface area contributed by atoms with Crippen molar-refractivity contribution < 1.29 is 32.9 Å². The van der Waals surface area contributed by atoms with E-state index in [4.69, 9.17) is 9.47 Å². The topological polar surface area (TPSA) is 122 Å². The van der Waals surface area contributed by atoms with Crippen LogP contribution in [-0.2, 0) is 25.6 Å². The van der Waals surface area contributed by atoms with Crippen molar-refractivity contribution in [3.8, 4) is 11.5 Å². The minimum Gasteiger partial charge on any atom is -0.496 e. The molecule has 1 aromatic carbocycles. The van der Waals surface area contributed by atoms with E-state index in [-0.39, 0.29) is 17.9 Å². The van der Waals surface area contributed by atoms with Crippen molar-refractivity contribution in [2.24, 2.45) is 0 Å². The van der Waals surface area contributed by atoms with Crippen LogP contribution < -0.4 is 14.2 Å². The van der Waals surface area contributed by atoms with Crippen molar-refractivity contribution in [3.05, 3.63) is 22.8 Å². The van der Waals surface area contributed by atoms with Crippen molar-refractivity contribution in [2.75, 3.05) is 20.8 Å². The van der Waals surface area contributed by atoms with E-state index in [1.54, 1.807) is 20.1 Å². The fourth-order valence-corrected chi connectivity index (χ4v) is 5.09. The summed E-state index contributed by atoms with van der Waals surface area (Å²) in [5.41, 5.74) is 0.758. The van der Waals surface area contributed by atoms with Gasteiger partial charge in [-0.25, -0.2) is 13.1 Å². The quantitative estimate of drug-likeness (QED) is 0.518. The lowest BCUT2D eigenvalue weighted by molar-refractivity contribution is -0.137. The average molecular weight is 460 g/mol. The number of ether oxygens (including phenoxy) is 2. The maximum Gasteiger partial charge on any atom is 0.304 e. The third-order valence-electron chi connectivity index (χ3n) is 5.02. The van der Waals surface area contributed by atoms with Crippen LogP contribution in [0.1, 0.15) is 77.7 Å². The van der Waals surface area contributed by atoms with Crippen LogP contribution in [0.4, 0.5) is 0 Å². The number of carboxylic acids is 1. The van der Waals surface area contributed by atoms with Crippen LogP contribution in [0, 0.1) is 0 Å². The highest BCUT2D eigenvalue weighted by atomic mass is 32.2. The first-order valence-corrected chi connectivity index (χ1v) is 11.8. The van der Waals surface area contributed by atoms with Crippen LogP contribution in [-0.4, -0.2) is 50.6 Å². The van der Waals surface area contributed by atoms with E-state index in [1.807, 2.05) is 41.5 Å². The van der Waals surface area contributed by atoms with Crippen LogP contribution in [0.5, 0.6) is 11.5 Å². The van der Waals surface area contributed by atoms with Gasteiger partial charge < -0.3 is 19.7 Å². The lowest BCUT2D eigenvalue weighted by Gasteiger charge is -2.34. The fourth-order valence-electron chi connectivity index (χ4n) is 3.63. The lowest BCUT2D eigenvalue weighted by atomic mass is 9.76. The van der Waals surface area contributed by atoms with Gasteiger partial charge in [0.1, 0.15) is 22.9 Å². The number of aliphatic hydroxyl groups is 1. The third-order valence-corrected chi connectivity index (χ3v) is 6.93. The SMILES string of the molecule is CCNS(=O)(=O)C(CC(=O)O)C(O)c1cc(C(C)(C)C)c(OC)c(C(C)(C)C)c1OC. The van der Waals surface area contributed by atoms with Crippen LogP contribution in [0.3, 0.4) is 0 Å². The van der Waals surface area contributed by atoms with Crippen LogP contribution in [0.25, 0.3) is 0 Å². The Morgan fingerprint density at radius 3 is 1.94 bits per heavy atom. The predicted octanol–water partition coefficient (Wildman–Crippen LogP) is 3.11. The predicted molar refractivity (Wildman–Crippen MR) is 121 cm³/mol. The monoisotopic (exact) mass is 459 g/mol. The van der Waals surface area contributed by atoms with Gasteiger partial charge in [0.2, 0.25) is 10.0 Å². The van der Waals surface area contributed by atoms with Gasteiger partial charge in [0.05, 0.1) is 20.6 Å². The van der Waals surface area contributed by atoms with Crippen molar-refractivity contribution in [1.82, 2.24) is 4.72 Å². The second kappa shape index (κ2) is 9.75. The fraction of sp³-hybridized carbons (Fsp3) is 0.682. The van der Waals surface area contributed by atoms with Gasteiger partial charge in [-0.15, -0.1) is 0 Å². The molecule has 8 nitrogen and oxygen atoms in total. The number of benzene rings is 1. The van der Waals surface area contributed by atoms with Crippen molar-refractivity contribution in [3.63, 3.8) is 0 Å². The zero-order valence-corrected chi connectivity index (χ0v) is 20.8. The zero-order valence-electron chi connectivity index (χ0n) is 20.0. The highest BCUT2D eigenvalue weighted by Crippen LogP contribution is 2.49. The van der Waals surface area contributed by atoms with Crippen LogP contribution in [0.15, 0.2) is 6.07 Å². The first kappa shape index (κ1) is 27.2. The Morgan fingerprint density at radius 1 is 1.06 bits per heavy atom. The number of carboxylic acid groups (broad SMARTS) is 1. The number of aliphatic hydroxyl groups excluding tert-OH is 1. The minimum atomic E-state index is -4.12. The maximum atomic E-state index is 12.8. The number of carbonyl (C=O) groups is 1. The summed E-state index contributed by atoms with van der Waals surface area (Å²) < 4.78 is 39.3. The van der Waals surface area contributed by atoms with Crippen LogP contribution in [0.2, 0.25) is 0 Å². The largest absolute Gasteiger partial charge is 0.496 e. The molecule has 0 amide bonds. The summed E-state index contributed by atoms with van der Waals surface area (Å²) in [5.74, 6) is -0.450. The van der Waals surface area contributed by atoms with Gasteiger partial charge in [-0.05, 0) is 16.9 Å². The molecule has 0 radical (unpaired) electrons. The number of hydrogen-bond donors (Lipinski definition) is 3. The second-order valence-electron chi connectivity index (χ2n) is 9.58. The number of methoxy groups -OCH3 is 2. The van der Waals surface area contributed by atoms with Gasteiger partial charge in [-0.3, -0.25) is 4.79 Å². The molecule has 0 aliphatic heterocycles. The molecule has 0 heterocycles. The number of nitrogens with one attached hydrogen (secondary N) is 1. The number of rotatable bonds is 9. The molecule has 0 fully saturated rings. The van der Waals surface area contributed by atoms with Gasteiger partial charge >= 0.3 is 5.97 Å². The molecule has 0 aromatic heterocycles. The molecule has 2 atom stereocenters. The molecule has 0 saturated carbocycles. The van der Waals surface area contributed by atoms with E-state index in [0.29, 0.717) is 11.3 Å². The molecule has 178 valence electrons. The highest BCUT2D eigenvalue weighted by Gasteiger charge is 2.40. The molecule has 2 unspecified atom stereocenters. The molecule has 1 aromatic rings. The molecule has 1 rings (SSSR count). The smallest absolute Gasteiger partial charge is 0.304 e. The second-order valence-corrected chi connectivity index (χ2v) is 11.6. The molecule has 0 bridgehead atoms. The molecular formula is C22H37NO7S. The summed E-state index contributed by atoms with van der Waals surface area (Å²) in [6, 6.07) is 1.66. The molecule has 31 heavy (non-hydrogen) atoms. The molecule has 0 saturated heterocycles. The Morgan fingerprint density at radius 2 is 1.58 bits per heavy atom. The van der Waals surface area contributed by atoms with Gasteiger partial charge in [0, 0.05) is 23.2 Å². The summed E-state index contributed by atoms with van der Waals surface area (Å²) in [6.07, 6.45) is -2.40. The molecule has 0 aliphatic rings. The number of hydrogen-bond acceptors (Lipinski definition) is 6. The van der Waals surface area contributed by atoms with E-state index >= 15 is 0 Å². The lowest BCUT2D eigenvalue weighted by Crippen LogP contribution is -2.40. The summed E-state index contributed by atoms with van der Waals surface area (Å²) in [4.78, 5) is 11.4. The van der Waals surface area contributed by atoms with Gasteiger partial charge in [-0.2, -0.15) is 0 Å². The Bertz CT molecular complexity index is 896. The summed E-state index contributed by atoms with van der Waals surface area (Å²) in [6.45, 7) is 13.5.